The van der Waals surface area contributed by atoms with Gasteiger partial charge in [0, 0.05) is 5.92 Å². The molecular weight excluding hydrogens is 218 g/mol. The monoisotopic (exact) mass is 237 g/mol. The molecule has 17 heavy (non-hydrogen) atoms. The van der Waals surface area contributed by atoms with Gasteiger partial charge in [-0.3, -0.25) is 4.79 Å². The van der Waals surface area contributed by atoms with E-state index < -0.39 is 5.60 Å². The molecule has 1 amide bonds. The van der Waals surface area contributed by atoms with E-state index in [1.165, 1.54) is 6.26 Å². The highest BCUT2D eigenvalue weighted by molar-refractivity contribution is 5.78. The maximum Gasteiger partial charge on any atom is 0.223 e. The summed E-state index contributed by atoms with van der Waals surface area (Å²) in [6.45, 7) is 1.83. The van der Waals surface area contributed by atoms with Crippen LogP contribution < -0.4 is 5.32 Å². The Balaban J connectivity index is 1.87. The van der Waals surface area contributed by atoms with E-state index in [0.29, 0.717) is 5.76 Å². The van der Waals surface area contributed by atoms with Gasteiger partial charge in [0.1, 0.15) is 11.4 Å². The third-order valence-corrected chi connectivity index (χ3v) is 3.38. The molecule has 1 aliphatic rings. The molecule has 4 heteroatoms. The van der Waals surface area contributed by atoms with Gasteiger partial charge in [-0.1, -0.05) is 12.8 Å². The Kier molecular flexibility index (Phi) is 3.52. The number of rotatable bonds is 4. The van der Waals surface area contributed by atoms with Crippen molar-refractivity contribution in [3.8, 4) is 0 Å². The fraction of sp³-hybridized carbons (Fsp3) is 0.615. The zero-order valence-electron chi connectivity index (χ0n) is 10.1. The van der Waals surface area contributed by atoms with E-state index in [-0.39, 0.29) is 18.4 Å². The van der Waals surface area contributed by atoms with Crippen molar-refractivity contribution in [1.82, 2.24) is 5.32 Å². The molecule has 1 unspecified atom stereocenters. The van der Waals surface area contributed by atoms with Crippen molar-refractivity contribution in [2.45, 2.75) is 38.2 Å². The highest BCUT2D eigenvalue weighted by Crippen LogP contribution is 2.25. The standard InChI is InChI=1S/C13H19NO3/c1-13(16,11-7-4-8-17-11)9-14-12(15)10-5-2-3-6-10/h4,7-8,10,16H,2-3,5-6,9H2,1H3,(H,14,15). The first-order chi connectivity index (χ1) is 8.09. The van der Waals surface area contributed by atoms with Crippen molar-refractivity contribution in [3.63, 3.8) is 0 Å². The van der Waals surface area contributed by atoms with Crippen LogP contribution in [-0.4, -0.2) is 17.6 Å². The van der Waals surface area contributed by atoms with Gasteiger partial charge in [0.05, 0.1) is 12.8 Å². The fourth-order valence-corrected chi connectivity index (χ4v) is 2.26. The third-order valence-electron chi connectivity index (χ3n) is 3.38. The summed E-state index contributed by atoms with van der Waals surface area (Å²) in [5, 5.41) is 13.0. The minimum Gasteiger partial charge on any atom is -0.466 e. The zero-order chi connectivity index (χ0) is 12.3. The van der Waals surface area contributed by atoms with E-state index in [4.69, 9.17) is 4.42 Å². The normalized spacial score (nSPS) is 20.1. The van der Waals surface area contributed by atoms with E-state index >= 15 is 0 Å². The minimum absolute atomic E-state index is 0.0503. The van der Waals surface area contributed by atoms with Gasteiger partial charge in [0.15, 0.2) is 0 Å². The Hall–Kier alpha value is -1.29. The summed E-state index contributed by atoms with van der Waals surface area (Å²) in [6, 6.07) is 3.43. The van der Waals surface area contributed by atoms with Crippen LogP contribution in [0.2, 0.25) is 0 Å². The van der Waals surface area contributed by atoms with E-state index in [1.807, 2.05) is 0 Å². The van der Waals surface area contributed by atoms with E-state index in [2.05, 4.69) is 5.32 Å². The summed E-state index contributed by atoms with van der Waals surface area (Å²) in [5.74, 6) is 0.654. The molecule has 1 aromatic rings. The van der Waals surface area contributed by atoms with Gasteiger partial charge in [-0.2, -0.15) is 0 Å². The topological polar surface area (TPSA) is 62.5 Å². The molecule has 0 radical (unpaired) electrons. The van der Waals surface area contributed by atoms with Crippen LogP contribution >= 0.6 is 0 Å². The van der Waals surface area contributed by atoms with Crippen LogP contribution in [0.1, 0.15) is 38.4 Å². The second-order valence-electron chi connectivity index (χ2n) is 4.95. The number of hydrogen-bond acceptors (Lipinski definition) is 3. The van der Waals surface area contributed by atoms with Crippen LogP contribution in [0.3, 0.4) is 0 Å². The summed E-state index contributed by atoms with van der Waals surface area (Å²) >= 11 is 0. The predicted molar refractivity (Wildman–Crippen MR) is 63.2 cm³/mol. The number of aliphatic hydroxyl groups is 1. The van der Waals surface area contributed by atoms with Gasteiger partial charge in [-0.25, -0.2) is 0 Å². The molecule has 2 rings (SSSR count). The molecule has 4 nitrogen and oxygen atoms in total. The highest BCUT2D eigenvalue weighted by Gasteiger charge is 2.29. The van der Waals surface area contributed by atoms with Gasteiger partial charge in [-0.05, 0) is 31.9 Å². The van der Waals surface area contributed by atoms with Crippen LogP contribution in [0.15, 0.2) is 22.8 Å². The first kappa shape index (κ1) is 12.2. The molecule has 0 aromatic carbocycles. The van der Waals surface area contributed by atoms with Crippen molar-refractivity contribution in [1.29, 1.82) is 0 Å². The number of nitrogens with one attached hydrogen (secondary N) is 1. The molecular formula is C13H19NO3. The predicted octanol–water partition coefficient (Wildman–Crippen LogP) is 1.79. The molecule has 1 saturated carbocycles. The molecule has 0 aliphatic heterocycles. The minimum atomic E-state index is -1.14. The quantitative estimate of drug-likeness (QED) is 0.839. The Morgan fingerprint density at radius 2 is 2.29 bits per heavy atom. The van der Waals surface area contributed by atoms with Gasteiger partial charge in [0.2, 0.25) is 5.91 Å². The molecule has 0 bridgehead atoms. The highest BCUT2D eigenvalue weighted by atomic mass is 16.4. The van der Waals surface area contributed by atoms with Crippen molar-refractivity contribution in [3.05, 3.63) is 24.2 Å². The summed E-state index contributed by atoms with van der Waals surface area (Å²) in [6.07, 6.45) is 5.71. The number of carbonyl (C=O) groups is 1. The maximum absolute atomic E-state index is 11.8. The van der Waals surface area contributed by atoms with Crippen LogP contribution in [0.25, 0.3) is 0 Å². The summed E-state index contributed by atoms with van der Waals surface area (Å²) in [7, 11) is 0. The number of furan rings is 1. The summed E-state index contributed by atoms with van der Waals surface area (Å²) in [4.78, 5) is 11.8. The Bertz CT molecular complexity index is 364. The third kappa shape index (κ3) is 2.88. The second kappa shape index (κ2) is 4.92. The lowest BCUT2D eigenvalue weighted by Gasteiger charge is -2.22. The molecule has 1 aliphatic carbocycles. The van der Waals surface area contributed by atoms with Gasteiger partial charge in [0.25, 0.3) is 0 Å². The zero-order valence-corrected chi connectivity index (χ0v) is 10.1. The fourth-order valence-electron chi connectivity index (χ4n) is 2.26. The van der Waals surface area contributed by atoms with Crippen LogP contribution in [0, 0.1) is 5.92 Å². The smallest absolute Gasteiger partial charge is 0.223 e. The van der Waals surface area contributed by atoms with Crippen molar-refractivity contribution < 1.29 is 14.3 Å². The molecule has 1 atom stereocenters. The van der Waals surface area contributed by atoms with E-state index in [1.54, 1.807) is 19.1 Å². The van der Waals surface area contributed by atoms with Gasteiger partial charge < -0.3 is 14.8 Å². The number of amides is 1. The van der Waals surface area contributed by atoms with Crippen molar-refractivity contribution in [2.24, 2.45) is 5.92 Å². The number of hydrogen-bond donors (Lipinski definition) is 2. The average molecular weight is 237 g/mol. The summed E-state index contributed by atoms with van der Waals surface area (Å²) in [5.41, 5.74) is -1.14. The lowest BCUT2D eigenvalue weighted by molar-refractivity contribution is -0.126. The first-order valence-corrected chi connectivity index (χ1v) is 6.14. The Labute approximate surface area is 101 Å². The molecule has 2 N–H and O–H groups in total. The lowest BCUT2D eigenvalue weighted by atomic mass is 10.0. The van der Waals surface area contributed by atoms with E-state index in [0.717, 1.165) is 25.7 Å². The molecule has 94 valence electrons. The Morgan fingerprint density at radius 3 is 2.88 bits per heavy atom. The van der Waals surface area contributed by atoms with Crippen LogP contribution in [0.4, 0.5) is 0 Å². The summed E-state index contributed by atoms with van der Waals surface area (Å²) < 4.78 is 5.15. The van der Waals surface area contributed by atoms with Crippen molar-refractivity contribution >= 4 is 5.91 Å². The van der Waals surface area contributed by atoms with Gasteiger partial charge >= 0.3 is 0 Å². The molecule has 0 spiro atoms. The molecule has 0 saturated heterocycles. The molecule has 1 heterocycles. The second-order valence-corrected chi connectivity index (χ2v) is 4.95. The SMILES string of the molecule is CC(O)(CNC(=O)C1CCCC1)c1ccco1. The maximum atomic E-state index is 11.8. The Morgan fingerprint density at radius 1 is 1.59 bits per heavy atom. The molecule has 1 aromatic heterocycles. The number of carbonyl (C=O) groups excluding carboxylic acids is 1. The van der Waals surface area contributed by atoms with Crippen LogP contribution in [-0.2, 0) is 10.4 Å². The largest absolute Gasteiger partial charge is 0.466 e. The first-order valence-electron chi connectivity index (χ1n) is 6.14. The lowest BCUT2D eigenvalue weighted by Crippen LogP contribution is -2.40. The molecule has 1 fully saturated rings. The van der Waals surface area contributed by atoms with Gasteiger partial charge in [-0.15, -0.1) is 0 Å². The van der Waals surface area contributed by atoms with Crippen LogP contribution in [0.5, 0.6) is 0 Å². The van der Waals surface area contributed by atoms with Crippen molar-refractivity contribution in [2.75, 3.05) is 6.54 Å². The average Bonchev–Trinajstić information content (AvgIpc) is 2.97. The van der Waals surface area contributed by atoms with E-state index in [9.17, 15) is 9.90 Å².